The highest BCUT2D eigenvalue weighted by atomic mass is 19.1. The molecule has 1 aliphatic carbocycles. The molecule has 58 heavy (non-hydrogen) atoms. The number of hydrogen-bond acceptors (Lipinski definition) is 2. The first kappa shape index (κ1) is 39.4. The van der Waals surface area contributed by atoms with Crippen molar-refractivity contribution in [3.63, 3.8) is 0 Å². The summed E-state index contributed by atoms with van der Waals surface area (Å²) in [5.74, 6) is -1.31. The van der Waals surface area contributed by atoms with Crippen molar-refractivity contribution in [3.05, 3.63) is 148 Å². The van der Waals surface area contributed by atoms with Crippen molar-refractivity contribution in [2.75, 3.05) is 4.90 Å². The fourth-order valence-corrected chi connectivity index (χ4v) is 8.84. The molecule has 0 saturated heterocycles. The molecule has 5 aromatic carbocycles. The predicted molar refractivity (Wildman–Crippen MR) is 239 cm³/mol. The van der Waals surface area contributed by atoms with Crippen molar-refractivity contribution in [1.29, 1.82) is 5.26 Å². The molecule has 2 aliphatic rings. The summed E-state index contributed by atoms with van der Waals surface area (Å²) >= 11 is 0. The van der Waals surface area contributed by atoms with Gasteiger partial charge in [-0.25, -0.2) is 8.78 Å². The second-order valence-electron chi connectivity index (χ2n) is 20.6. The molecule has 5 heteroatoms. The average Bonchev–Trinajstić information content (AvgIpc) is 3.63. The maximum Gasteiger partial charge on any atom is 0.126 e. The minimum Gasteiger partial charge on any atom is -0.332 e. The van der Waals surface area contributed by atoms with E-state index in [0.717, 1.165) is 44.9 Å². The lowest BCUT2D eigenvalue weighted by Gasteiger charge is -2.35. The number of benzene rings is 5. The second kappa shape index (κ2) is 13.3. The van der Waals surface area contributed by atoms with Gasteiger partial charge in [0.05, 0.1) is 40.1 Å². The summed E-state index contributed by atoms with van der Waals surface area (Å²) in [6.45, 7) is 26.8. The molecule has 0 N–H and O–H groups in total. The van der Waals surface area contributed by atoms with Gasteiger partial charge in [0.2, 0.25) is 0 Å². The summed E-state index contributed by atoms with van der Waals surface area (Å²) in [5, 5.41) is 13.2. The Balaban J connectivity index is 1.56. The van der Waals surface area contributed by atoms with E-state index in [-0.39, 0.29) is 33.6 Å². The molecule has 0 amide bonds. The molecule has 0 bridgehead atoms. The van der Waals surface area contributed by atoms with Gasteiger partial charge in [-0.3, -0.25) is 0 Å². The third-order valence-corrected chi connectivity index (χ3v) is 12.3. The standard InChI is InChI=1S/C53H55F2N3/c1-50(2,3)33-13-17-39-40-18-14-34(51(4,5)6)25-45(40)57(44(39)24-33)48-23-32(30-56)43(31-21-37(54)28-38(55)22-31)29-49(48)58-46-26-35(52(7,8)9)15-19-41(46)42-20-16-36(27-47(42)58)53(10,11)12/h13-29,41,46H,1-12H3. The van der Waals surface area contributed by atoms with E-state index in [1.807, 2.05) is 12.1 Å². The summed E-state index contributed by atoms with van der Waals surface area (Å²) in [7, 11) is 0. The van der Waals surface area contributed by atoms with Crippen LogP contribution in [0.2, 0.25) is 0 Å². The van der Waals surface area contributed by atoms with Gasteiger partial charge in [-0.1, -0.05) is 138 Å². The molecule has 0 fully saturated rings. The summed E-state index contributed by atoms with van der Waals surface area (Å²) in [5.41, 5.74) is 11.6. The van der Waals surface area contributed by atoms with E-state index in [1.165, 1.54) is 40.0 Å². The summed E-state index contributed by atoms with van der Waals surface area (Å²) in [6.07, 6.45) is 7.03. The summed E-state index contributed by atoms with van der Waals surface area (Å²) in [4.78, 5) is 2.44. The Kier molecular flexibility index (Phi) is 9.01. The molecule has 0 spiro atoms. The van der Waals surface area contributed by atoms with Crippen LogP contribution in [-0.4, -0.2) is 10.6 Å². The number of nitriles is 1. The molecule has 1 aliphatic heterocycles. The van der Waals surface area contributed by atoms with Crippen molar-refractivity contribution in [3.8, 4) is 22.9 Å². The van der Waals surface area contributed by atoms with Gasteiger partial charge >= 0.3 is 0 Å². The zero-order valence-corrected chi connectivity index (χ0v) is 36.1. The van der Waals surface area contributed by atoms with Crippen LogP contribution in [0.1, 0.15) is 117 Å². The topological polar surface area (TPSA) is 32.0 Å². The first-order chi connectivity index (χ1) is 27.0. The number of rotatable bonds is 3. The molecule has 1 aromatic heterocycles. The van der Waals surface area contributed by atoms with E-state index in [4.69, 9.17) is 0 Å². The number of fused-ring (bicyclic) bond motifs is 6. The lowest BCUT2D eigenvalue weighted by molar-refractivity contribution is 0.506. The number of halogens is 2. The number of nitrogens with zero attached hydrogens (tertiary/aromatic N) is 3. The third kappa shape index (κ3) is 6.65. The monoisotopic (exact) mass is 771 g/mol. The van der Waals surface area contributed by atoms with E-state index in [2.05, 4.69) is 171 Å². The Morgan fingerprint density at radius 3 is 1.62 bits per heavy atom. The van der Waals surface area contributed by atoms with E-state index in [1.54, 1.807) is 0 Å². The van der Waals surface area contributed by atoms with Crippen molar-refractivity contribution < 1.29 is 8.78 Å². The van der Waals surface area contributed by atoms with Crippen LogP contribution in [0.3, 0.4) is 0 Å². The van der Waals surface area contributed by atoms with Crippen molar-refractivity contribution in [2.24, 2.45) is 5.41 Å². The lowest BCUT2D eigenvalue weighted by Crippen LogP contribution is -2.31. The van der Waals surface area contributed by atoms with Crippen LogP contribution in [0.15, 0.2) is 109 Å². The van der Waals surface area contributed by atoms with Gasteiger partial charge in [-0.05, 0) is 97.5 Å². The molecule has 296 valence electrons. The van der Waals surface area contributed by atoms with Gasteiger partial charge in [0.15, 0.2) is 0 Å². The zero-order valence-electron chi connectivity index (χ0n) is 36.1. The van der Waals surface area contributed by atoms with Gasteiger partial charge in [-0.15, -0.1) is 0 Å². The molecular weight excluding hydrogens is 717 g/mol. The van der Waals surface area contributed by atoms with Crippen molar-refractivity contribution in [1.82, 2.24) is 4.57 Å². The first-order valence-corrected chi connectivity index (χ1v) is 20.5. The van der Waals surface area contributed by atoms with Crippen LogP contribution >= 0.6 is 0 Å². The number of aromatic nitrogens is 1. The normalized spacial score (nSPS) is 17.1. The molecule has 2 unspecified atom stereocenters. The average molecular weight is 772 g/mol. The fourth-order valence-electron chi connectivity index (χ4n) is 8.84. The first-order valence-electron chi connectivity index (χ1n) is 20.5. The smallest absolute Gasteiger partial charge is 0.126 e. The largest absolute Gasteiger partial charge is 0.332 e. The maximum absolute atomic E-state index is 15.0. The Morgan fingerprint density at radius 1 is 0.569 bits per heavy atom. The lowest BCUT2D eigenvalue weighted by atomic mass is 9.79. The van der Waals surface area contributed by atoms with Gasteiger partial charge in [0.1, 0.15) is 11.6 Å². The molecule has 0 radical (unpaired) electrons. The zero-order chi connectivity index (χ0) is 41.9. The number of anilines is 2. The Hall–Kier alpha value is -5.47. The van der Waals surface area contributed by atoms with Crippen LogP contribution < -0.4 is 4.90 Å². The molecule has 8 rings (SSSR count). The fraction of sp³-hybridized carbons (Fsp3) is 0.340. The predicted octanol–water partition coefficient (Wildman–Crippen LogP) is 14.6. The summed E-state index contributed by atoms with van der Waals surface area (Å²) < 4.78 is 32.4. The van der Waals surface area contributed by atoms with Crippen molar-refractivity contribution in [2.45, 2.75) is 111 Å². The van der Waals surface area contributed by atoms with Crippen LogP contribution in [0.5, 0.6) is 0 Å². The van der Waals surface area contributed by atoms with Crippen LogP contribution in [-0.2, 0) is 16.2 Å². The second-order valence-corrected chi connectivity index (χ2v) is 20.6. The molecule has 2 atom stereocenters. The van der Waals surface area contributed by atoms with Crippen LogP contribution in [0.25, 0.3) is 38.6 Å². The quantitative estimate of drug-likeness (QED) is 0.179. The van der Waals surface area contributed by atoms with E-state index >= 15 is 8.78 Å². The van der Waals surface area contributed by atoms with Gasteiger partial charge in [0, 0.05) is 34.0 Å². The maximum atomic E-state index is 15.0. The molecule has 0 saturated carbocycles. The minimum absolute atomic E-state index is 0.0619. The molecule has 3 nitrogen and oxygen atoms in total. The SMILES string of the molecule is CC(C)(C)C1=CC2C(C=C1)c1ccc(C(C)(C)C)cc1N2c1cc(-c2cc(F)cc(F)c2)c(C#N)cc1-n1c2cc(C(C)(C)C)ccc2c2ccc(C(C)(C)C)cc21. The molecule has 2 heterocycles. The molecule has 6 aromatic rings. The number of allylic oxidation sites excluding steroid dienone is 2. The van der Waals surface area contributed by atoms with E-state index < -0.39 is 11.6 Å². The van der Waals surface area contributed by atoms with E-state index in [9.17, 15) is 5.26 Å². The van der Waals surface area contributed by atoms with Gasteiger partial charge in [0.25, 0.3) is 0 Å². The van der Waals surface area contributed by atoms with Gasteiger partial charge in [-0.2, -0.15) is 5.26 Å². The Morgan fingerprint density at radius 2 is 1.10 bits per heavy atom. The van der Waals surface area contributed by atoms with Crippen LogP contribution in [0, 0.1) is 28.4 Å². The summed E-state index contributed by atoms with van der Waals surface area (Å²) in [6, 6.07) is 30.3. The minimum atomic E-state index is -0.687. The Labute approximate surface area is 343 Å². The third-order valence-electron chi connectivity index (χ3n) is 12.3. The van der Waals surface area contributed by atoms with Crippen LogP contribution in [0.4, 0.5) is 20.2 Å². The highest BCUT2D eigenvalue weighted by molar-refractivity contribution is 6.10. The van der Waals surface area contributed by atoms with Crippen molar-refractivity contribution >= 4 is 33.2 Å². The molecular formula is C53H55F2N3. The Bertz CT molecular complexity index is 2670. The number of hydrogen-bond donors (Lipinski definition) is 0. The van der Waals surface area contributed by atoms with E-state index in [0.29, 0.717) is 16.7 Å². The highest BCUT2D eigenvalue weighted by Gasteiger charge is 2.41. The van der Waals surface area contributed by atoms with Gasteiger partial charge < -0.3 is 9.47 Å². The highest BCUT2D eigenvalue weighted by Crippen LogP contribution is 2.53.